The Morgan fingerprint density at radius 3 is 2.39 bits per heavy atom. The van der Waals surface area contributed by atoms with E-state index in [1.165, 1.54) is 11.1 Å². The number of carbonyl (C=O) groups is 1. The van der Waals surface area contributed by atoms with Gasteiger partial charge in [-0.25, -0.2) is 0 Å². The molecule has 0 radical (unpaired) electrons. The Kier molecular flexibility index (Phi) is 7.18. The summed E-state index contributed by atoms with van der Waals surface area (Å²) in [4.78, 5) is 14.6. The van der Waals surface area contributed by atoms with Gasteiger partial charge in [-0.2, -0.15) is 0 Å². The van der Waals surface area contributed by atoms with Crippen molar-refractivity contribution >= 4 is 16.7 Å². The minimum atomic E-state index is -0.0147. The number of aryl methyl sites for hydroxylation is 1. The minimum absolute atomic E-state index is 0.0147. The molecule has 28 heavy (non-hydrogen) atoms. The van der Waals surface area contributed by atoms with Crippen molar-refractivity contribution in [3.8, 4) is 0 Å². The standard InChI is InChI=1S/C24H29N3O/c1-27(15-4-5-19-8-10-20(18-25)11-9-19)16-14-26-24(28)23-13-12-21-6-2-3-7-22(21)17-23/h2-3,6-13,17H,4-5,14-16,18,25H2,1H3,(H,26,28). The van der Waals surface area contributed by atoms with Crippen molar-refractivity contribution in [1.29, 1.82) is 0 Å². The molecule has 0 bridgehead atoms. The van der Waals surface area contributed by atoms with Crippen LogP contribution in [-0.4, -0.2) is 37.5 Å². The van der Waals surface area contributed by atoms with Crippen molar-refractivity contribution in [2.75, 3.05) is 26.7 Å². The first kappa shape index (κ1) is 20.1. The largest absolute Gasteiger partial charge is 0.351 e. The summed E-state index contributed by atoms with van der Waals surface area (Å²) >= 11 is 0. The highest BCUT2D eigenvalue weighted by Gasteiger charge is 2.06. The van der Waals surface area contributed by atoms with Gasteiger partial charge in [0, 0.05) is 25.2 Å². The highest BCUT2D eigenvalue weighted by molar-refractivity contribution is 5.98. The zero-order valence-corrected chi connectivity index (χ0v) is 16.5. The Labute approximate surface area is 167 Å². The van der Waals surface area contributed by atoms with E-state index in [1.54, 1.807) is 0 Å². The summed E-state index contributed by atoms with van der Waals surface area (Å²) in [6, 6.07) is 22.4. The maximum Gasteiger partial charge on any atom is 0.251 e. The monoisotopic (exact) mass is 375 g/mol. The molecule has 0 unspecified atom stereocenters. The average molecular weight is 376 g/mol. The molecule has 0 aliphatic carbocycles. The molecule has 0 aliphatic rings. The van der Waals surface area contributed by atoms with Crippen LogP contribution in [0.15, 0.2) is 66.7 Å². The van der Waals surface area contributed by atoms with E-state index >= 15 is 0 Å². The third-order valence-corrected chi connectivity index (χ3v) is 5.05. The SMILES string of the molecule is CN(CCCc1ccc(CN)cc1)CCNC(=O)c1ccc2ccccc2c1. The Hall–Kier alpha value is -2.69. The van der Waals surface area contributed by atoms with Gasteiger partial charge in [0.1, 0.15) is 0 Å². The first-order chi connectivity index (χ1) is 13.7. The Morgan fingerprint density at radius 1 is 0.929 bits per heavy atom. The van der Waals surface area contributed by atoms with Gasteiger partial charge in [-0.15, -0.1) is 0 Å². The number of carbonyl (C=O) groups excluding carboxylic acids is 1. The molecular weight excluding hydrogens is 346 g/mol. The van der Waals surface area contributed by atoms with E-state index in [9.17, 15) is 4.79 Å². The average Bonchev–Trinajstić information content (AvgIpc) is 2.73. The number of nitrogens with one attached hydrogen (secondary N) is 1. The first-order valence-corrected chi connectivity index (χ1v) is 9.89. The van der Waals surface area contributed by atoms with Crippen molar-refractivity contribution in [1.82, 2.24) is 10.2 Å². The van der Waals surface area contributed by atoms with Crippen molar-refractivity contribution in [2.45, 2.75) is 19.4 Å². The summed E-state index contributed by atoms with van der Waals surface area (Å²) in [5.74, 6) is -0.0147. The van der Waals surface area contributed by atoms with Gasteiger partial charge in [0.25, 0.3) is 5.91 Å². The number of nitrogens with zero attached hydrogens (tertiary/aromatic N) is 1. The van der Waals surface area contributed by atoms with Crippen LogP contribution in [0.4, 0.5) is 0 Å². The first-order valence-electron chi connectivity index (χ1n) is 9.89. The van der Waals surface area contributed by atoms with Gasteiger partial charge < -0.3 is 16.0 Å². The van der Waals surface area contributed by atoms with Crippen LogP contribution in [0, 0.1) is 0 Å². The zero-order chi connectivity index (χ0) is 19.8. The summed E-state index contributed by atoms with van der Waals surface area (Å²) in [7, 11) is 2.10. The van der Waals surface area contributed by atoms with Crippen molar-refractivity contribution in [3.05, 3.63) is 83.4 Å². The Morgan fingerprint density at radius 2 is 1.64 bits per heavy atom. The van der Waals surface area contributed by atoms with Gasteiger partial charge in [0.05, 0.1) is 0 Å². The van der Waals surface area contributed by atoms with Crippen molar-refractivity contribution < 1.29 is 4.79 Å². The van der Waals surface area contributed by atoms with E-state index in [0.29, 0.717) is 18.7 Å². The normalized spacial score (nSPS) is 11.1. The highest BCUT2D eigenvalue weighted by Crippen LogP contribution is 2.15. The molecule has 1 amide bonds. The molecule has 0 heterocycles. The third kappa shape index (κ3) is 5.65. The molecule has 4 nitrogen and oxygen atoms in total. The fourth-order valence-electron chi connectivity index (χ4n) is 3.30. The molecule has 0 fully saturated rings. The molecule has 4 heteroatoms. The van der Waals surface area contributed by atoms with Crippen LogP contribution < -0.4 is 11.1 Å². The zero-order valence-electron chi connectivity index (χ0n) is 16.5. The number of benzene rings is 3. The van der Waals surface area contributed by atoms with Crippen molar-refractivity contribution in [2.24, 2.45) is 5.73 Å². The summed E-state index contributed by atoms with van der Waals surface area (Å²) in [6.07, 6.45) is 2.15. The molecule has 0 aromatic heterocycles. The van der Waals surface area contributed by atoms with E-state index in [4.69, 9.17) is 5.73 Å². The molecule has 0 saturated heterocycles. The van der Waals surface area contributed by atoms with Gasteiger partial charge in [0.2, 0.25) is 0 Å². The molecule has 0 spiro atoms. The fourth-order valence-corrected chi connectivity index (χ4v) is 3.30. The highest BCUT2D eigenvalue weighted by atomic mass is 16.1. The maximum absolute atomic E-state index is 12.4. The van der Waals surface area contributed by atoms with Gasteiger partial charge in [-0.3, -0.25) is 4.79 Å². The number of fused-ring (bicyclic) bond motifs is 1. The number of hydrogen-bond acceptors (Lipinski definition) is 3. The smallest absolute Gasteiger partial charge is 0.251 e. The third-order valence-electron chi connectivity index (χ3n) is 5.05. The summed E-state index contributed by atoms with van der Waals surface area (Å²) in [5.41, 5.74) is 8.86. The molecule has 3 N–H and O–H groups in total. The van der Waals surface area contributed by atoms with Gasteiger partial charge in [0.15, 0.2) is 0 Å². The number of amides is 1. The van der Waals surface area contributed by atoms with Crippen LogP contribution in [0.1, 0.15) is 27.9 Å². The molecule has 146 valence electrons. The summed E-state index contributed by atoms with van der Waals surface area (Å²) in [6.45, 7) is 3.08. The van der Waals surface area contributed by atoms with E-state index < -0.39 is 0 Å². The lowest BCUT2D eigenvalue weighted by molar-refractivity contribution is 0.0950. The lowest BCUT2D eigenvalue weighted by Gasteiger charge is -2.17. The Balaban J connectivity index is 1.37. The molecule has 0 atom stereocenters. The second-order valence-corrected chi connectivity index (χ2v) is 7.25. The van der Waals surface area contributed by atoms with Crippen LogP contribution in [0.2, 0.25) is 0 Å². The van der Waals surface area contributed by atoms with Gasteiger partial charge in [-0.1, -0.05) is 54.6 Å². The lowest BCUT2D eigenvalue weighted by atomic mass is 10.1. The predicted molar refractivity (Wildman–Crippen MR) is 116 cm³/mol. The Bertz CT molecular complexity index is 905. The van der Waals surface area contributed by atoms with E-state index in [2.05, 4.69) is 47.6 Å². The van der Waals surface area contributed by atoms with Gasteiger partial charge in [-0.05, 0) is 60.5 Å². The van der Waals surface area contributed by atoms with Crippen molar-refractivity contribution in [3.63, 3.8) is 0 Å². The maximum atomic E-state index is 12.4. The van der Waals surface area contributed by atoms with E-state index in [0.717, 1.165) is 36.7 Å². The van der Waals surface area contributed by atoms with Crippen LogP contribution in [-0.2, 0) is 13.0 Å². The van der Waals surface area contributed by atoms with Crippen LogP contribution in [0.3, 0.4) is 0 Å². The number of rotatable bonds is 9. The molecular formula is C24H29N3O. The lowest BCUT2D eigenvalue weighted by Crippen LogP contribution is -2.33. The second kappa shape index (κ2) is 10.0. The molecule has 0 aliphatic heterocycles. The molecule has 3 aromatic carbocycles. The second-order valence-electron chi connectivity index (χ2n) is 7.25. The quantitative estimate of drug-likeness (QED) is 0.601. The van der Waals surface area contributed by atoms with E-state index in [1.807, 2.05) is 36.4 Å². The van der Waals surface area contributed by atoms with Crippen LogP contribution in [0.25, 0.3) is 10.8 Å². The van der Waals surface area contributed by atoms with Gasteiger partial charge >= 0.3 is 0 Å². The number of likely N-dealkylation sites (N-methyl/N-ethyl adjacent to an activating group) is 1. The summed E-state index contributed by atoms with van der Waals surface area (Å²) in [5, 5.41) is 5.26. The molecule has 3 rings (SSSR count). The van der Waals surface area contributed by atoms with Crippen LogP contribution in [0.5, 0.6) is 0 Å². The molecule has 0 saturated carbocycles. The predicted octanol–water partition coefficient (Wildman–Crippen LogP) is 3.59. The number of nitrogens with two attached hydrogens (primary N) is 1. The topological polar surface area (TPSA) is 58.4 Å². The fraction of sp³-hybridized carbons (Fsp3) is 0.292. The van der Waals surface area contributed by atoms with Crippen LogP contribution >= 0.6 is 0 Å². The van der Waals surface area contributed by atoms with E-state index in [-0.39, 0.29) is 5.91 Å². The minimum Gasteiger partial charge on any atom is -0.351 e. The number of hydrogen-bond donors (Lipinski definition) is 2. The molecule has 3 aromatic rings. The summed E-state index contributed by atoms with van der Waals surface area (Å²) < 4.78 is 0.